The summed E-state index contributed by atoms with van der Waals surface area (Å²) >= 11 is 0. The van der Waals surface area contributed by atoms with Gasteiger partial charge < -0.3 is 0 Å². The van der Waals surface area contributed by atoms with Crippen LogP contribution < -0.4 is 0 Å². The summed E-state index contributed by atoms with van der Waals surface area (Å²) in [6, 6.07) is 0. The lowest BCUT2D eigenvalue weighted by Crippen LogP contribution is -2.70. The number of alkyl halides is 6. The van der Waals surface area contributed by atoms with Gasteiger partial charge in [-0.25, -0.2) is 0 Å². The van der Waals surface area contributed by atoms with Gasteiger partial charge in [0.1, 0.15) is 0 Å². The van der Waals surface area contributed by atoms with E-state index >= 15 is 0 Å². The Balaban J connectivity index is 2.44. The van der Waals surface area contributed by atoms with Crippen LogP contribution in [0.2, 0.25) is 0 Å². The number of epoxide rings is 1. The largest absolute Gasteiger partial charge is 0.379 e. The molecule has 2 unspecified atom stereocenters. The van der Waals surface area contributed by atoms with Crippen molar-refractivity contribution in [3.05, 3.63) is 0 Å². The molecule has 2 aliphatic rings. The van der Waals surface area contributed by atoms with Crippen molar-refractivity contribution in [1.29, 1.82) is 0 Å². The molecule has 0 radical (unpaired) electrons. The van der Waals surface area contributed by atoms with Crippen LogP contribution in [0.4, 0.5) is 26.3 Å². The van der Waals surface area contributed by atoms with Crippen LogP contribution in [-0.2, 0) is 4.74 Å². The molecule has 1 saturated carbocycles. The molecule has 2 rings (SSSR count). The molecule has 0 aromatic heterocycles. The molecule has 0 aromatic rings. The second-order valence-corrected chi connectivity index (χ2v) is 2.44. The van der Waals surface area contributed by atoms with E-state index in [4.69, 9.17) is 0 Å². The van der Waals surface area contributed by atoms with E-state index in [9.17, 15) is 26.3 Å². The van der Waals surface area contributed by atoms with Crippen LogP contribution in [0, 0.1) is 0 Å². The highest BCUT2D eigenvalue weighted by atomic mass is 19.3. The Hall–Kier alpha value is -0.460. The third-order valence-electron chi connectivity index (χ3n) is 1.86. The van der Waals surface area contributed by atoms with Gasteiger partial charge in [-0.15, -0.1) is 0 Å². The van der Waals surface area contributed by atoms with Crippen LogP contribution in [0.25, 0.3) is 0 Å². The fourth-order valence-corrected chi connectivity index (χ4v) is 1.04. The molecule has 64 valence electrons. The van der Waals surface area contributed by atoms with Crippen molar-refractivity contribution in [2.45, 2.75) is 23.6 Å². The summed E-state index contributed by atoms with van der Waals surface area (Å²) in [4.78, 5) is 0. The van der Waals surface area contributed by atoms with Gasteiger partial charge in [-0.1, -0.05) is 0 Å². The molecule has 7 heteroatoms. The lowest BCUT2D eigenvalue weighted by Gasteiger charge is -2.35. The highest BCUT2D eigenvalue weighted by Crippen LogP contribution is 2.79. The third kappa shape index (κ3) is 0.347. The molecule has 2 atom stereocenters. The van der Waals surface area contributed by atoms with Crippen LogP contribution in [-0.4, -0.2) is 23.6 Å². The molecule has 0 amide bonds. The smallest absolute Gasteiger partial charge is 0.289 e. The molecule has 0 spiro atoms. The maximum absolute atomic E-state index is 12.1. The van der Waals surface area contributed by atoms with E-state index in [-0.39, 0.29) is 0 Å². The standard InChI is InChI=1S/C4F6O/c5-1(6)2(7,8)4(10)3(1,9)11-4. The summed E-state index contributed by atoms with van der Waals surface area (Å²) in [7, 11) is 0. The first-order chi connectivity index (χ1) is 4.71. The van der Waals surface area contributed by atoms with E-state index < -0.39 is 23.6 Å². The molecule has 2 fully saturated rings. The lowest BCUT2D eigenvalue weighted by atomic mass is 9.85. The molecule has 1 saturated heterocycles. The van der Waals surface area contributed by atoms with Crippen molar-refractivity contribution in [3.8, 4) is 0 Å². The lowest BCUT2D eigenvalue weighted by molar-refractivity contribution is -0.351. The molecule has 0 bridgehead atoms. The third-order valence-corrected chi connectivity index (χ3v) is 1.86. The van der Waals surface area contributed by atoms with Crippen molar-refractivity contribution >= 4 is 0 Å². The Bertz CT molecular complexity index is 215. The zero-order valence-corrected chi connectivity index (χ0v) is 4.68. The highest BCUT2D eigenvalue weighted by molar-refractivity contribution is 5.33. The second kappa shape index (κ2) is 1.16. The number of fused-ring (bicyclic) bond motifs is 1. The van der Waals surface area contributed by atoms with E-state index in [1.165, 1.54) is 0 Å². The van der Waals surface area contributed by atoms with Gasteiger partial charge in [0.2, 0.25) is 0 Å². The molecule has 1 aliphatic carbocycles. The summed E-state index contributed by atoms with van der Waals surface area (Å²) in [5, 5.41) is 0. The van der Waals surface area contributed by atoms with Gasteiger partial charge in [0.15, 0.2) is 0 Å². The molecule has 11 heavy (non-hydrogen) atoms. The Morgan fingerprint density at radius 1 is 0.636 bits per heavy atom. The summed E-state index contributed by atoms with van der Waals surface area (Å²) in [6.07, 6.45) is 0. The predicted molar refractivity (Wildman–Crippen MR) is 18.7 cm³/mol. The van der Waals surface area contributed by atoms with Crippen molar-refractivity contribution in [1.82, 2.24) is 0 Å². The first-order valence-corrected chi connectivity index (χ1v) is 2.54. The van der Waals surface area contributed by atoms with E-state index in [2.05, 4.69) is 4.74 Å². The van der Waals surface area contributed by atoms with Gasteiger partial charge in [-0.2, -0.15) is 26.3 Å². The maximum atomic E-state index is 12.1. The average Bonchev–Trinajstić information content (AvgIpc) is 2.36. The number of hydrogen-bond donors (Lipinski definition) is 0. The SMILES string of the molecule is FC1(F)C(F)(F)C2(F)OC12F. The molecule has 0 aromatic carbocycles. The Kier molecular flexibility index (Phi) is 0.757. The summed E-state index contributed by atoms with van der Waals surface area (Å²) in [5.74, 6) is -18.3. The first-order valence-electron chi connectivity index (χ1n) is 2.54. The number of ether oxygens (including phenoxy) is 1. The topological polar surface area (TPSA) is 12.5 Å². The van der Waals surface area contributed by atoms with Crippen LogP contribution in [0.5, 0.6) is 0 Å². The Labute approximate surface area is 55.9 Å². The van der Waals surface area contributed by atoms with E-state index in [0.29, 0.717) is 0 Å². The summed E-state index contributed by atoms with van der Waals surface area (Å²) < 4.78 is 74.8. The molecule has 1 aliphatic heterocycles. The average molecular weight is 178 g/mol. The fourth-order valence-electron chi connectivity index (χ4n) is 1.04. The summed E-state index contributed by atoms with van der Waals surface area (Å²) in [5.41, 5.74) is 0. The van der Waals surface area contributed by atoms with Crippen LogP contribution in [0.3, 0.4) is 0 Å². The zero-order valence-electron chi connectivity index (χ0n) is 4.68. The van der Waals surface area contributed by atoms with Crippen molar-refractivity contribution in [2.24, 2.45) is 0 Å². The maximum Gasteiger partial charge on any atom is 0.379 e. The van der Waals surface area contributed by atoms with Gasteiger partial charge in [0.05, 0.1) is 0 Å². The van der Waals surface area contributed by atoms with E-state index in [1.54, 1.807) is 0 Å². The fraction of sp³-hybridized carbons (Fsp3) is 1.00. The minimum Gasteiger partial charge on any atom is -0.289 e. The minimum atomic E-state index is -5.05. The number of hydrogen-bond acceptors (Lipinski definition) is 1. The van der Waals surface area contributed by atoms with Crippen LogP contribution in [0.15, 0.2) is 0 Å². The predicted octanol–water partition coefficient (Wildman–Crippen LogP) is 1.63. The second-order valence-electron chi connectivity index (χ2n) is 2.44. The molecular formula is C4F6O. The molecule has 1 nitrogen and oxygen atoms in total. The van der Waals surface area contributed by atoms with Gasteiger partial charge in [0, 0.05) is 0 Å². The quantitative estimate of drug-likeness (QED) is 0.405. The van der Waals surface area contributed by atoms with E-state index in [0.717, 1.165) is 0 Å². The van der Waals surface area contributed by atoms with Gasteiger partial charge in [-0.05, 0) is 0 Å². The van der Waals surface area contributed by atoms with E-state index in [1.807, 2.05) is 0 Å². The minimum absolute atomic E-state index is 3.00. The number of rotatable bonds is 0. The monoisotopic (exact) mass is 178 g/mol. The normalized spacial score (nSPS) is 56.2. The molecule has 0 N–H and O–H groups in total. The van der Waals surface area contributed by atoms with Crippen LogP contribution >= 0.6 is 0 Å². The number of halogens is 6. The Morgan fingerprint density at radius 2 is 0.909 bits per heavy atom. The molecule has 1 heterocycles. The van der Waals surface area contributed by atoms with Crippen molar-refractivity contribution in [2.75, 3.05) is 0 Å². The van der Waals surface area contributed by atoms with Gasteiger partial charge in [-0.3, -0.25) is 4.74 Å². The highest BCUT2D eigenvalue weighted by Gasteiger charge is 3.12. The molecular weight excluding hydrogens is 178 g/mol. The van der Waals surface area contributed by atoms with Crippen molar-refractivity contribution in [3.63, 3.8) is 0 Å². The van der Waals surface area contributed by atoms with Gasteiger partial charge >= 0.3 is 23.6 Å². The van der Waals surface area contributed by atoms with Crippen molar-refractivity contribution < 1.29 is 31.1 Å². The summed E-state index contributed by atoms with van der Waals surface area (Å²) in [6.45, 7) is 0. The Morgan fingerprint density at radius 3 is 1.00 bits per heavy atom. The zero-order chi connectivity index (χ0) is 8.71. The first kappa shape index (κ1) is 7.20. The van der Waals surface area contributed by atoms with Gasteiger partial charge in [0.25, 0.3) is 0 Å². The van der Waals surface area contributed by atoms with Crippen LogP contribution in [0.1, 0.15) is 0 Å².